The van der Waals surface area contributed by atoms with Crippen molar-refractivity contribution in [2.24, 2.45) is 0 Å². The maximum atomic E-state index is 5.22. The Hall–Kier alpha value is -1.35. The molecular formula is C17H26N2S. The number of unbranched alkanes of at least 4 members (excludes halogenated alkanes) is 3. The van der Waals surface area contributed by atoms with Crippen molar-refractivity contribution in [1.29, 1.82) is 0 Å². The zero-order valence-electron chi connectivity index (χ0n) is 12.7. The molecule has 2 N–H and O–H groups in total. The van der Waals surface area contributed by atoms with Crippen molar-refractivity contribution in [3.8, 4) is 0 Å². The van der Waals surface area contributed by atoms with E-state index in [2.05, 4.69) is 48.4 Å². The summed E-state index contributed by atoms with van der Waals surface area (Å²) in [4.78, 5) is 0. The standard InChI is InChI=1S/C17H26N2S/c1-4-5-6-7-8-15-9-11-16(12-10-15)19-17(20)18-13-14(2)3/h9-12H,2,4-8,13H2,1,3H3,(H2,18,19,20). The highest BCUT2D eigenvalue weighted by molar-refractivity contribution is 7.80. The third-order valence-corrected chi connectivity index (χ3v) is 3.33. The molecule has 0 radical (unpaired) electrons. The van der Waals surface area contributed by atoms with E-state index in [4.69, 9.17) is 12.2 Å². The molecule has 1 aromatic rings. The average Bonchev–Trinajstić information content (AvgIpc) is 2.43. The first-order valence-electron chi connectivity index (χ1n) is 7.40. The number of hydrogen-bond acceptors (Lipinski definition) is 1. The van der Waals surface area contributed by atoms with Crippen molar-refractivity contribution >= 4 is 23.0 Å². The molecule has 0 aliphatic rings. The summed E-state index contributed by atoms with van der Waals surface area (Å²) >= 11 is 5.22. The van der Waals surface area contributed by atoms with Gasteiger partial charge in [-0.05, 0) is 49.7 Å². The fourth-order valence-corrected chi connectivity index (χ4v) is 2.11. The van der Waals surface area contributed by atoms with E-state index in [0.29, 0.717) is 11.7 Å². The second kappa shape index (κ2) is 9.54. The summed E-state index contributed by atoms with van der Waals surface area (Å²) in [5.74, 6) is 0. The number of rotatable bonds is 8. The Balaban J connectivity index is 2.34. The Labute approximate surface area is 128 Å². The molecule has 0 bridgehead atoms. The van der Waals surface area contributed by atoms with E-state index in [1.165, 1.54) is 37.7 Å². The summed E-state index contributed by atoms with van der Waals surface area (Å²) in [5, 5.41) is 6.94. The summed E-state index contributed by atoms with van der Waals surface area (Å²) in [5.41, 5.74) is 3.49. The van der Waals surface area contributed by atoms with E-state index in [1.54, 1.807) is 0 Å². The lowest BCUT2D eigenvalue weighted by molar-refractivity contribution is 0.667. The van der Waals surface area contributed by atoms with Crippen LogP contribution in [-0.2, 0) is 6.42 Å². The van der Waals surface area contributed by atoms with Crippen molar-refractivity contribution in [1.82, 2.24) is 5.32 Å². The molecule has 0 amide bonds. The number of benzene rings is 1. The molecular weight excluding hydrogens is 264 g/mol. The van der Waals surface area contributed by atoms with E-state index >= 15 is 0 Å². The van der Waals surface area contributed by atoms with Gasteiger partial charge in [0.05, 0.1) is 0 Å². The highest BCUT2D eigenvalue weighted by atomic mass is 32.1. The zero-order chi connectivity index (χ0) is 14.8. The van der Waals surface area contributed by atoms with E-state index in [0.717, 1.165) is 11.3 Å². The van der Waals surface area contributed by atoms with Crippen LogP contribution in [0.2, 0.25) is 0 Å². The van der Waals surface area contributed by atoms with Crippen molar-refractivity contribution < 1.29 is 0 Å². The van der Waals surface area contributed by atoms with Gasteiger partial charge in [-0.3, -0.25) is 0 Å². The fourth-order valence-electron chi connectivity index (χ4n) is 1.92. The van der Waals surface area contributed by atoms with Crippen LogP contribution in [0.1, 0.15) is 45.1 Å². The maximum absolute atomic E-state index is 5.22. The molecule has 0 atom stereocenters. The highest BCUT2D eigenvalue weighted by Crippen LogP contribution is 2.12. The zero-order valence-corrected chi connectivity index (χ0v) is 13.5. The van der Waals surface area contributed by atoms with Gasteiger partial charge in [0.25, 0.3) is 0 Å². The number of aryl methyl sites for hydroxylation is 1. The molecule has 0 heterocycles. The van der Waals surface area contributed by atoms with Gasteiger partial charge in [0, 0.05) is 12.2 Å². The van der Waals surface area contributed by atoms with Crippen LogP contribution < -0.4 is 10.6 Å². The lowest BCUT2D eigenvalue weighted by Crippen LogP contribution is -2.29. The molecule has 110 valence electrons. The Kier molecular flexibility index (Phi) is 7.97. The maximum Gasteiger partial charge on any atom is 0.171 e. The largest absolute Gasteiger partial charge is 0.359 e. The smallest absolute Gasteiger partial charge is 0.171 e. The van der Waals surface area contributed by atoms with E-state index < -0.39 is 0 Å². The normalized spacial score (nSPS) is 10.1. The molecule has 0 spiro atoms. The van der Waals surface area contributed by atoms with Gasteiger partial charge in [-0.25, -0.2) is 0 Å². The molecule has 0 unspecified atom stereocenters. The second-order valence-electron chi connectivity index (χ2n) is 5.27. The van der Waals surface area contributed by atoms with Gasteiger partial charge in [0.1, 0.15) is 0 Å². The molecule has 0 saturated carbocycles. The van der Waals surface area contributed by atoms with Gasteiger partial charge in [-0.2, -0.15) is 0 Å². The molecule has 3 heteroatoms. The van der Waals surface area contributed by atoms with Crippen LogP contribution in [-0.4, -0.2) is 11.7 Å². The van der Waals surface area contributed by atoms with Gasteiger partial charge in [0.2, 0.25) is 0 Å². The van der Waals surface area contributed by atoms with E-state index in [9.17, 15) is 0 Å². The van der Waals surface area contributed by atoms with E-state index in [-0.39, 0.29) is 0 Å². The minimum absolute atomic E-state index is 0.642. The quantitative estimate of drug-likeness (QED) is 0.413. The second-order valence-corrected chi connectivity index (χ2v) is 5.68. The van der Waals surface area contributed by atoms with Crippen LogP contribution in [0.4, 0.5) is 5.69 Å². The highest BCUT2D eigenvalue weighted by Gasteiger charge is 1.98. The van der Waals surface area contributed by atoms with Gasteiger partial charge in [-0.15, -0.1) is 0 Å². The number of nitrogens with one attached hydrogen (secondary N) is 2. The van der Waals surface area contributed by atoms with Crippen LogP contribution in [0, 0.1) is 0 Å². The third kappa shape index (κ3) is 7.29. The molecule has 0 aliphatic carbocycles. The number of hydrogen-bond donors (Lipinski definition) is 2. The third-order valence-electron chi connectivity index (χ3n) is 3.08. The first-order chi connectivity index (χ1) is 9.61. The van der Waals surface area contributed by atoms with Gasteiger partial charge in [-0.1, -0.05) is 50.5 Å². The lowest BCUT2D eigenvalue weighted by atomic mass is 10.1. The topological polar surface area (TPSA) is 24.1 Å². The Morgan fingerprint density at radius 1 is 1.15 bits per heavy atom. The Morgan fingerprint density at radius 2 is 1.85 bits per heavy atom. The van der Waals surface area contributed by atoms with Gasteiger partial charge >= 0.3 is 0 Å². The van der Waals surface area contributed by atoms with Crippen molar-refractivity contribution in [2.45, 2.75) is 46.0 Å². The summed E-state index contributed by atoms with van der Waals surface area (Å²) in [7, 11) is 0. The van der Waals surface area contributed by atoms with Crippen LogP contribution in [0.5, 0.6) is 0 Å². The molecule has 1 rings (SSSR count). The fraction of sp³-hybridized carbons (Fsp3) is 0.471. The first-order valence-corrected chi connectivity index (χ1v) is 7.81. The van der Waals surface area contributed by atoms with Gasteiger partial charge < -0.3 is 10.6 Å². The summed E-state index contributed by atoms with van der Waals surface area (Å²) < 4.78 is 0. The molecule has 2 nitrogen and oxygen atoms in total. The van der Waals surface area contributed by atoms with Crippen molar-refractivity contribution in [3.05, 3.63) is 42.0 Å². The van der Waals surface area contributed by atoms with Crippen molar-refractivity contribution in [2.75, 3.05) is 11.9 Å². The summed E-state index contributed by atoms with van der Waals surface area (Å²) in [6.45, 7) is 8.76. The summed E-state index contributed by atoms with van der Waals surface area (Å²) in [6.07, 6.45) is 6.39. The Morgan fingerprint density at radius 3 is 2.45 bits per heavy atom. The number of thiocarbonyl (C=S) groups is 1. The predicted octanol–water partition coefficient (Wildman–Crippen LogP) is 4.67. The van der Waals surface area contributed by atoms with Crippen LogP contribution in [0.3, 0.4) is 0 Å². The predicted molar refractivity (Wildman–Crippen MR) is 93.3 cm³/mol. The van der Waals surface area contributed by atoms with E-state index in [1.807, 2.05) is 6.92 Å². The molecule has 0 fully saturated rings. The number of anilines is 1. The molecule has 20 heavy (non-hydrogen) atoms. The first kappa shape index (κ1) is 16.7. The van der Waals surface area contributed by atoms with Crippen molar-refractivity contribution in [3.63, 3.8) is 0 Å². The Bertz CT molecular complexity index is 423. The average molecular weight is 290 g/mol. The molecule has 1 aromatic carbocycles. The molecule has 0 saturated heterocycles. The minimum atomic E-state index is 0.642. The molecule has 0 aromatic heterocycles. The van der Waals surface area contributed by atoms with Crippen LogP contribution >= 0.6 is 12.2 Å². The minimum Gasteiger partial charge on any atom is -0.359 e. The van der Waals surface area contributed by atoms with Crippen LogP contribution in [0.15, 0.2) is 36.4 Å². The lowest BCUT2D eigenvalue weighted by Gasteiger charge is -2.11. The van der Waals surface area contributed by atoms with Gasteiger partial charge in [0.15, 0.2) is 5.11 Å². The summed E-state index contributed by atoms with van der Waals surface area (Å²) in [6, 6.07) is 8.53. The molecule has 0 aliphatic heterocycles. The van der Waals surface area contributed by atoms with Crippen LogP contribution in [0.25, 0.3) is 0 Å². The monoisotopic (exact) mass is 290 g/mol. The SMILES string of the molecule is C=C(C)CNC(=S)Nc1ccc(CCCCCC)cc1.